The first-order chi connectivity index (χ1) is 8.20. The minimum atomic E-state index is -0.00995. The molecule has 1 aromatic carbocycles. The van der Waals surface area contributed by atoms with E-state index in [1.807, 2.05) is 19.1 Å². The Bertz CT molecular complexity index is 415. The maximum absolute atomic E-state index is 12.0. The first-order valence-electron chi connectivity index (χ1n) is 6.12. The van der Waals surface area contributed by atoms with E-state index in [9.17, 15) is 4.79 Å². The number of aryl methyl sites for hydroxylation is 2. The van der Waals surface area contributed by atoms with Crippen LogP contribution in [0.5, 0.6) is 0 Å². The summed E-state index contributed by atoms with van der Waals surface area (Å²) < 4.78 is 5.00. The molecule has 0 heterocycles. The van der Waals surface area contributed by atoms with Crippen LogP contribution in [0, 0.1) is 0 Å². The molecule has 1 atom stereocenters. The number of fused-ring (bicyclic) bond motifs is 1. The Kier molecular flexibility index (Phi) is 3.79. The predicted molar refractivity (Wildman–Crippen MR) is 67.3 cm³/mol. The second kappa shape index (κ2) is 5.32. The Morgan fingerprint density at radius 1 is 1.41 bits per heavy atom. The van der Waals surface area contributed by atoms with Crippen molar-refractivity contribution in [2.24, 2.45) is 0 Å². The van der Waals surface area contributed by atoms with Crippen molar-refractivity contribution >= 4 is 5.91 Å². The molecule has 0 spiro atoms. The van der Waals surface area contributed by atoms with Crippen LogP contribution >= 0.6 is 0 Å². The lowest BCUT2D eigenvalue weighted by atomic mass is 10.1. The van der Waals surface area contributed by atoms with E-state index in [0.29, 0.717) is 6.61 Å². The summed E-state index contributed by atoms with van der Waals surface area (Å²) in [6.07, 6.45) is 3.46. The van der Waals surface area contributed by atoms with Gasteiger partial charge < -0.3 is 10.1 Å². The van der Waals surface area contributed by atoms with Gasteiger partial charge in [-0.1, -0.05) is 6.07 Å². The molecule has 1 N–H and O–H groups in total. The van der Waals surface area contributed by atoms with Gasteiger partial charge in [-0.3, -0.25) is 4.79 Å². The Balaban J connectivity index is 2.04. The highest BCUT2D eigenvalue weighted by atomic mass is 16.5. The van der Waals surface area contributed by atoms with Crippen molar-refractivity contribution in [3.05, 3.63) is 34.9 Å². The first-order valence-corrected chi connectivity index (χ1v) is 6.12. The van der Waals surface area contributed by atoms with E-state index in [4.69, 9.17) is 4.74 Å². The largest absolute Gasteiger partial charge is 0.383 e. The van der Waals surface area contributed by atoms with E-state index in [2.05, 4.69) is 11.4 Å². The van der Waals surface area contributed by atoms with Crippen LogP contribution in [-0.2, 0) is 17.6 Å². The number of nitrogens with one attached hydrogen (secondary N) is 1. The fraction of sp³-hybridized carbons (Fsp3) is 0.500. The molecule has 3 nitrogen and oxygen atoms in total. The van der Waals surface area contributed by atoms with Gasteiger partial charge in [-0.2, -0.15) is 0 Å². The summed E-state index contributed by atoms with van der Waals surface area (Å²) in [5, 5.41) is 2.92. The average molecular weight is 233 g/mol. The molecule has 17 heavy (non-hydrogen) atoms. The van der Waals surface area contributed by atoms with Crippen molar-refractivity contribution in [3.8, 4) is 0 Å². The lowest BCUT2D eigenvalue weighted by Crippen LogP contribution is -2.35. The maximum atomic E-state index is 12.0. The van der Waals surface area contributed by atoms with E-state index in [-0.39, 0.29) is 11.9 Å². The first kappa shape index (κ1) is 12.1. The van der Waals surface area contributed by atoms with Gasteiger partial charge in [0.15, 0.2) is 0 Å². The third-order valence-corrected chi connectivity index (χ3v) is 3.15. The maximum Gasteiger partial charge on any atom is 0.251 e. The van der Waals surface area contributed by atoms with Crippen molar-refractivity contribution < 1.29 is 9.53 Å². The van der Waals surface area contributed by atoms with Gasteiger partial charge in [0.25, 0.3) is 5.91 Å². The minimum absolute atomic E-state index is 0.00995. The number of carbonyl (C=O) groups excluding carboxylic acids is 1. The normalized spacial score (nSPS) is 15.4. The number of rotatable bonds is 4. The monoisotopic (exact) mass is 233 g/mol. The molecule has 1 aliphatic rings. The number of amides is 1. The van der Waals surface area contributed by atoms with Gasteiger partial charge in [-0.15, -0.1) is 0 Å². The molecule has 0 unspecified atom stereocenters. The summed E-state index contributed by atoms with van der Waals surface area (Å²) in [7, 11) is 1.64. The zero-order valence-electron chi connectivity index (χ0n) is 10.5. The summed E-state index contributed by atoms with van der Waals surface area (Å²) in [6, 6.07) is 6.06. The van der Waals surface area contributed by atoms with E-state index in [1.54, 1.807) is 7.11 Å². The van der Waals surface area contributed by atoms with Gasteiger partial charge in [0.05, 0.1) is 6.61 Å². The fourth-order valence-corrected chi connectivity index (χ4v) is 2.31. The molecule has 0 aliphatic heterocycles. The number of ether oxygens (including phenoxy) is 1. The average Bonchev–Trinajstić information content (AvgIpc) is 2.75. The summed E-state index contributed by atoms with van der Waals surface area (Å²) in [5.74, 6) is -0.00995. The Hall–Kier alpha value is -1.35. The van der Waals surface area contributed by atoms with Crippen molar-refractivity contribution in [2.75, 3.05) is 13.7 Å². The third-order valence-electron chi connectivity index (χ3n) is 3.15. The molecular formula is C14H19NO2. The molecule has 0 fully saturated rings. The number of carbonyl (C=O) groups is 1. The van der Waals surface area contributed by atoms with Crippen LogP contribution < -0.4 is 5.32 Å². The SMILES string of the molecule is COC[C@H](C)NC(=O)c1ccc2c(c1)CCC2. The van der Waals surface area contributed by atoms with Crippen LogP contribution in [0.15, 0.2) is 18.2 Å². The highest BCUT2D eigenvalue weighted by Crippen LogP contribution is 2.22. The molecular weight excluding hydrogens is 214 g/mol. The second-order valence-corrected chi connectivity index (χ2v) is 4.67. The predicted octanol–water partition coefficient (Wildman–Crippen LogP) is 1.94. The third kappa shape index (κ3) is 2.86. The molecule has 3 heteroatoms. The molecule has 0 saturated carbocycles. The molecule has 1 amide bonds. The van der Waals surface area contributed by atoms with Gasteiger partial charge >= 0.3 is 0 Å². The molecule has 0 bridgehead atoms. The molecule has 0 aromatic heterocycles. The summed E-state index contributed by atoms with van der Waals surface area (Å²) in [4.78, 5) is 12.0. The second-order valence-electron chi connectivity index (χ2n) is 4.67. The van der Waals surface area contributed by atoms with E-state index >= 15 is 0 Å². The van der Waals surface area contributed by atoms with Crippen molar-refractivity contribution in [1.82, 2.24) is 5.32 Å². The summed E-state index contributed by atoms with van der Waals surface area (Å²) >= 11 is 0. The number of hydrogen-bond acceptors (Lipinski definition) is 2. The number of methoxy groups -OCH3 is 1. The molecule has 1 aromatic rings. The van der Waals surface area contributed by atoms with E-state index < -0.39 is 0 Å². The highest BCUT2D eigenvalue weighted by Gasteiger charge is 2.14. The standard InChI is InChI=1S/C14H19NO2/c1-10(9-17-2)15-14(16)13-7-6-11-4-3-5-12(11)8-13/h6-8,10H,3-5,9H2,1-2H3,(H,15,16)/t10-/m0/s1. The van der Waals surface area contributed by atoms with Gasteiger partial charge in [0, 0.05) is 18.7 Å². The van der Waals surface area contributed by atoms with Crippen LogP contribution in [0.3, 0.4) is 0 Å². The Morgan fingerprint density at radius 3 is 2.94 bits per heavy atom. The van der Waals surface area contributed by atoms with Crippen LogP contribution in [0.4, 0.5) is 0 Å². The van der Waals surface area contributed by atoms with E-state index in [0.717, 1.165) is 18.4 Å². The fourth-order valence-electron chi connectivity index (χ4n) is 2.31. The molecule has 0 radical (unpaired) electrons. The van der Waals surface area contributed by atoms with Gasteiger partial charge in [0.1, 0.15) is 0 Å². The summed E-state index contributed by atoms with van der Waals surface area (Å²) in [6.45, 7) is 2.48. The van der Waals surface area contributed by atoms with Crippen LogP contribution in [-0.4, -0.2) is 25.7 Å². The van der Waals surface area contributed by atoms with Crippen LogP contribution in [0.2, 0.25) is 0 Å². The van der Waals surface area contributed by atoms with Crippen LogP contribution in [0.25, 0.3) is 0 Å². The van der Waals surface area contributed by atoms with E-state index in [1.165, 1.54) is 17.5 Å². The Labute approximate surface area is 102 Å². The van der Waals surface area contributed by atoms with Gasteiger partial charge in [-0.25, -0.2) is 0 Å². The number of benzene rings is 1. The Morgan fingerprint density at radius 2 is 2.18 bits per heavy atom. The lowest BCUT2D eigenvalue weighted by Gasteiger charge is -2.13. The van der Waals surface area contributed by atoms with Crippen LogP contribution in [0.1, 0.15) is 34.8 Å². The summed E-state index contributed by atoms with van der Waals surface area (Å²) in [5.41, 5.74) is 3.48. The topological polar surface area (TPSA) is 38.3 Å². The highest BCUT2D eigenvalue weighted by molar-refractivity contribution is 5.94. The van der Waals surface area contributed by atoms with Crippen molar-refractivity contribution in [2.45, 2.75) is 32.2 Å². The molecule has 92 valence electrons. The lowest BCUT2D eigenvalue weighted by molar-refractivity contribution is 0.0905. The quantitative estimate of drug-likeness (QED) is 0.863. The molecule has 0 saturated heterocycles. The van der Waals surface area contributed by atoms with Gasteiger partial charge in [0.2, 0.25) is 0 Å². The number of hydrogen-bond donors (Lipinski definition) is 1. The van der Waals surface area contributed by atoms with Crippen molar-refractivity contribution in [1.29, 1.82) is 0 Å². The molecule has 2 rings (SSSR count). The minimum Gasteiger partial charge on any atom is -0.383 e. The zero-order chi connectivity index (χ0) is 12.3. The molecule has 1 aliphatic carbocycles. The van der Waals surface area contributed by atoms with Crippen molar-refractivity contribution in [3.63, 3.8) is 0 Å². The smallest absolute Gasteiger partial charge is 0.251 e. The van der Waals surface area contributed by atoms with Gasteiger partial charge in [-0.05, 0) is 49.4 Å². The zero-order valence-corrected chi connectivity index (χ0v) is 10.5.